The quantitative estimate of drug-likeness (QED) is 0.403. The Balaban J connectivity index is 1.86. The Labute approximate surface area is 139 Å². The van der Waals surface area contributed by atoms with E-state index in [-0.39, 0.29) is 0 Å². The summed E-state index contributed by atoms with van der Waals surface area (Å²) in [6.07, 6.45) is 0. The Bertz CT molecular complexity index is 1170. The van der Waals surface area contributed by atoms with E-state index in [1.165, 1.54) is 0 Å². The van der Waals surface area contributed by atoms with Crippen LogP contribution in [0.1, 0.15) is 0 Å². The zero-order chi connectivity index (χ0) is 15.9. The summed E-state index contributed by atoms with van der Waals surface area (Å²) in [5.74, 6) is 0. The third kappa shape index (κ3) is 1.97. The van der Waals surface area contributed by atoms with Gasteiger partial charge >= 0.3 is 0 Å². The van der Waals surface area contributed by atoms with E-state index in [0.29, 0.717) is 0 Å². The van der Waals surface area contributed by atoms with Crippen molar-refractivity contribution in [2.75, 3.05) is 5.32 Å². The molecule has 0 fully saturated rings. The Kier molecular flexibility index (Phi) is 2.83. The van der Waals surface area contributed by atoms with E-state index in [1.807, 2.05) is 30.3 Å². The molecule has 0 atom stereocenters. The molecule has 0 saturated heterocycles. The smallest absolute Gasteiger partial charge is 0.143 e. The average Bonchev–Trinajstić information content (AvgIpc) is 3.02. The summed E-state index contributed by atoms with van der Waals surface area (Å²) in [4.78, 5) is 0. The van der Waals surface area contributed by atoms with Gasteiger partial charge in [-0.15, -0.1) is 0 Å². The molecule has 1 aromatic heterocycles. The number of hydrogen-bond donors (Lipinski definition) is 1. The number of rotatable bonds is 2. The fraction of sp³-hybridized carbons (Fsp3) is 0. The van der Waals surface area contributed by atoms with Crippen molar-refractivity contribution in [1.82, 2.24) is 0 Å². The van der Waals surface area contributed by atoms with Crippen molar-refractivity contribution in [2.24, 2.45) is 0 Å². The predicted molar refractivity (Wildman–Crippen MR) is 101 cm³/mol. The Morgan fingerprint density at radius 3 is 2.08 bits per heavy atom. The highest BCUT2D eigenvalue weighted by atomic mass is 16.3. The maximum Gasteiger partial charge on any atom is 0.143 e. The largest absolute Gasteiger partial charge is 0.455 e. The molecule has 1 heterocycles. The first-order valence-electron chi connectivity index (χ1n) is 8.05. The van der Waals surface area contributed by atoms with Gasteiger partial charge in [-0.2, -0.15) is 0 Å². The van der Waals surface area contributed by atoms with Crippen LogP contribution in [0.25, 0.3) is 32.7 Å². The summed E-state index contributed by atoms with van der Waals surface area (Å²) in [7, 11) is 0. The van der Waals surface area contributed by atoms with Crippen molar-refractivity contribution in [3.63, 3.8) is 0 Å². The van der Waals surface area contributed by atoms with E-state index < -0.39 is 0 Å². The van der Waals surface area contributed by atoms with Gasteiger partial charge in [0.25, 0.3) is 0 Å². The molecule has 0 saturated carbocycles. The highest BCUT2D eigenvalue weighted by molar-refractivity contribution is 6.18. The molecule has 0 spiro atoms. The summed E-state index contributed by atoms with van der Waals surface area (Å²) in [6.45, 7) is 0. The zero-order valence-corrected chi connectivity index (χ0v) is 13.0. The van der Waals surface area contributed by atoms with Gasteiger partial charge in [-0.25, -0.2) is 0 Å². The molecule has 0 amide bonds. The number of benzene rings is 4. The molecule has 0 bridgehead atoms. The number of fused-ring (bicyclic) bond motifs is 5. The number of anilines is 2. The molecule has 0 aliphatic rings. The van der Waals surface area contributed by atoms with Gasteiger partial charge < -0.3 is 9.73 Å². The van der Waals surface area contributed by atoms with Gasteiger partial charge in [-0.3, -0.25) is 0 Å². The van der Waals surface area contributed by atoms with Crippen LogP contribution in [-0.2, 0) is 0 Å². The third-order valence-electron chi connectivity index (χ3n) is 4.44. The molecular weight excluding hydrogens is 294 g/mol. The lowest BCUT2D eigenvalue weighted by atomic mass is 10.0. The highest BCUT2D eigenvalue weighted by Crippen LogP contribution is 2.38. The predicted octanol–water partition coefficient (Wildman–Crippen LogP) is 6.48. The van der Waals surface area contributed by atoms with Crippen LogP contribution in [-0.4, -0.2) is 0 Å². The Morgan fingerprint density at radius 1 is 0.583 bits per heavy atom. The molecule has 24 heavy (non-hydrogen) atoms. The fourth-order valence-corrected chi connectivity index (χ4v) is 3.33. The monoisotopic (exact) mass is 309 g/mol. The molecular formula is C22H15NO. The minimum absolute atomic E-state index is 0.925. The molecule has 2 nitrogen and oxygen atoms in total. The molecule has 114 valence electrons. The second-order valence-electron chi connectivity index (χ2n) is 5.94. The molecule has 5 aromatic rings. The van der Waals surface area contributed by atoms with E-state index in [9.17, 15) is 0 Å². The second-order valence-corrected chi connectivity index (χ2v) is 5.94. The van der Waals surface area contributed by atoms with Gasteiger partial charge in [-0.1, -0.05) is 60.7 Å². The highest BCUT2D eigenvalue weighted by Gasteiger charge is 2.13. The van der Waals surface area contributed by atoms with Crippen molar-refractivity contribution < 1.29 is 4.42 Å². The van der Waals surface area contributed by atoms with Crippen LogP contribution in [0.3, 0.4) is 0 Å². The molecule has 5 rings (SSSR count). The van der Waals surface area contributed by atoms with Gasteiger partial charge in [0.15, 0.2) is 0 Å². The minimum Gasteiger partial charge on any atom is -0.455 e. The van der Waals surface area contributed by atoms with Crippen LogP contribution in [0.5, 0.6) is 0 Å². The van der Waals surface area contributed by atoms with Crippen LogP contribution in [0.2, 0.25) is 0 Å². The van der Waals surface area contributed by atoms with E-state index >= 15 is 0 Å². The topological polar surface area (TPSA) is 25.2 Å². The first kappa shape index (κ1) is 13.2. The van der Waals surface area contributed by atoms with E-state index in [1.54, 1.807) is 0 Å². The van der Waals surface area contributed by atoms with Gasteiger partial charge in [0.1, 0.15) is 11.2 Å². The van der Waals surface area contributed by atoms with Crippen molar-refractivity contribution in [2.45, 2.75) is 0 Å². The lowest BCUT2D eigenvalue weighted by Gasteiger charge is -2.10. The van der Waals surface area contributed by atoms with Crippen LogP contribution in [0, 0.1) is 0 Å². The lowest BCUT2D eigenvalue weighted by molar-refractivity contribution is 0.672. The Morgan fingerprint density at radius 2 is 1.25 bits per heavy atom. The fourth-order valence-electron chi connectivity index (χ4n) is 3.33. The summed E-state index contributed by atoms with van der Waals surface area (Å²) in [5, 5.41) is 8.13. The average molecular weight is 309 g/mol. The first-order valence-corrected chi connectivity index (χ1v) is 8.05. The molecule has 0 aliphatic heterocycles. The van der Waals surface area contributed by atoms with Crippen molar-refractivity contribution in [1.29, 1.82) is 0 Å². The maximum atomic E-state index is 6.14. The molecule has 0 aliphatic carbocycles. The number of nitrogens with one attached hydrogen (secondary N) is 1. The molecule has 1 N–H and O–H groups in total. The summed E-state index contributed by atoms with van der Waals surface area (Å²) in [6, 6.07) is 29.0. The minimum atomic E-state index is 0.925. The Hall–Kier alpha value is -3.26. The van der Waals surface area contributed by atoms with Crippen LogP contribution in [0.4, 0.5) is 11.4 Å². The SMILES string of the molecule is c1ccc(Nc2cc3c4ccccc4oc3c3ccccc23)cc1. The van der Waals surface area contributed by atoms with E-state index in [4.69, 9.17) is 4.42 Å². The second kappa shape index (κ2) is 5.14. The van der Waals surface area contributed by atoms with Crippen molar-refractivity contribution >= 4 is 44.1 Å². The maximum absolute atomic E-state index is 6.14. The van der Waals surface area contributed by atoms with E-state index in [0.717, 1.165) is 44.1 Å². The summed E-state index contributed by atoms with van der Waals surface area (Å²) < 4.78 is 6.14. The molecule has 2 heteroatoms. The normalized spacial score (nSPS) is 11.3. The zero-order valence-electron chi connectivity index (χ0n) is 13.0. The van der Waals surface area contributed by atoms with Crippen molar-refractivity contribution in [3.8, 4) is 0 Å². The van der Waals surface area contributed by atoms with Gasteiger partial charge in [0.2, 0.25) is 0 Å². The van der Waals surface area contributed by atoms with Gasteiger partial charge in [0, 0.05) is 32.9 Å². The molecule has 0 unspecified atom stereocenters. The molecule has 4 aromatic carbocycles. The third-order valence-corrected chi connectivity index (χ3v) is 4.44. The number of para-hydroxylation sites is 2. The van der Waals surface area contributed by atoms with E-state index in [2.05, 4.69) is 59.9 Å². The first-order chi connectivity index (χ1) is 11.9. The molecule has 0 radical (unpaired) electrons. The van der Waals surface area contributed by atoms with Crippen LogP contribution in [0.15, 0.2) is 89.3 Å². The van der Waals surface area contributed by atoms with Crippen molar-refractivity contribution in [3.05, 3.63) is 84.9 Å². The summed E-state index contributed by atoms with van der Waals surface area (Å²) >= 11 is 0. The van der Waals surface area contributed by atoms with Gasteiger partial charge in [0.05, 0.1) is 0 Å². The van der Waals surface area contributed by atoms with Crippen LogP contribution < -0.4 is 5.32 Å². The lowest BCUT2D eigenvalue weighted by Crippen LogP contribution is -1.91. The number of hydrogen-bond acceptors (Lipinski definition) is 2. The standard InChI is InChI=1S/C22H15NO/c1-2-8-15(9-3-1)23-20-14-19-17-11-6-7-13-21(17)24-22(19)18-12-5-4-10-16(18)20/h1-14,23H. The van der Waals surface area contributed by atoms with Crippen LogP contribution >= 0.6 is 0 Å². The summed E-state index contributed by atoms with van der Waals surface area (Å²) in [5.41, 5.74) is 4.05. The number of furan rings is 1. The van der Waals surface area contributed by atoms with Gasteiger partial charge in [-0.05, 0) is 24.3 Å².